The maximum Gasteiger partial charge on any atom is 0.188 e. The molecule has 15 heavy (non-hydrogen) atoms. The topological polar surface area (TPSA) is 43.1 Å². The van der Waals surface area contributed by atoms with E-state index < -0.39 is 0 Å². The van der Waals surface area contributed by atoms with E-state index >= 15 is 0 Å². The summed E-state index contributed by atoms with van der Waals surface area (Å²) in [4.78, 5) is 15.5. The fourth-order valence-electron chi connectivity index (χ4n) is 1.33. The van der Waals surface area contributed by atoms with Gasteiger partial charge >= 0.3 is 0 Å². The highest BCUT2D eigenvalue weighted by atomic mass is 16.3. The van der Waals surface area contributed by atoms with Gasteiger partial charge in [0.2, 0.25) is 0 Å². The van der Waals surface area contributed by atoms with Crippen molar-refractivity contribution in [2.24, 2.45) is 0 Å². The van der Waals surface area contributed by atoms with Crippen LogP contribution in [0.25, 0.3) is 11.3 Å². The van der Waals surface area contributed by atoms with Gasteiger partial charge in [-0.3, -0.25) is 9.78 Å². The Balaban J connectivity index is 2.61. The molecule has 0 radical (unpaired) electrons. The molecule has 2 rings (SSSR count). The number of nitrogens with zero attached hydrogens (tertiary/aromatic N) is 1. The van der Waals surface area contributed by atoms with Crippen LogP contribution in [0.2, 0.25) is 0 Å². The predicted octanol–water partition coefficient (Wildman–Crippen LogP) is 2.32. The van der Waals surface area contributed by atoms with Crippen LogP contribution in [0.15, 0.2) is 39.8 Å². The van der Waals surface area contributed by atoms with Gasteiger partial charge in [0.1, 0.15) is 11.5 Å². The third-order valence-electron chi connectivity index (χ3n) is 2.39. The van der Waals surface area contributed by atoms with Crippen molar-refractivity contribution >= 4 is 0 Å². The molecule has 0 spiro atoms. The van der Waals surface area contributed by atoms with E-state index in [0.717, 1.165) is 5.56 Å². The second-order valence-corrected chi connectivity index (χ2v) is 3.39. The lowest BCUT2D eigenvalue weighted by Crippen LogP contribution is -2.05. The highest BCUT2D eigenvalue weighted by Gasteiger charge is 2.05. The second-order valence-electron chi connectivity index (χ2n) is 3.39. The van der Waals surface area contributed by atoms with Gasteiger partial charge in [0.25, 0.3) is 0 Å². The zero-order valence-corrected chi connectivity index (χ0v) is 8.65. The van der Waals surface area contributed by atoms with Crippen LogP contribution < -0.4 is 5.43 Å². The van der Waals surface area contributed by atoms with Crippen LogP contribution in [0.4, 0.5) is 0 Å². The maximum atomic E-state index is 11.6. The van der Waals surface area contributed by atoms with E-state index in [9.17, 15) is 4.79 Å². The number of rotatable bonds is 1. The Labute approximate surface area is 87.4 Å². The first-order valence-electron chi connectivity index (χ1n) is 4.70. The number of pyridine rings is 1. The standard InChI is InChI=1S/C12H11NO2/c1-8-9(2)15-12(7-11(8)14)10-3-5-13-6-4-10/h3-7H,1-2H3. The average Bonchev–Trinajstić information content (AvgIpc) is 2.26. The third kappa shape index (κ3) is 1.81. The Hall–Kier alpha value is -1.90. The molecule has 0 fully saturated rings. The average molecular weight is 201 g/mol. The van der Waals surface area contributed by atoms with Gasteiger partial charge in [-0.25, -0.2) is 0 Å². The summed E-state index contributed by atoms with van der Waals surface area (Å²) in [5.74, 6) is 1.25. The van der Waals surface area contributed by atoms with Gasteiger partial charge in [0, 0.05) is 29.6 Å². The smallest absolute Gasteiger partial charge is 0.188 e. The zero-order valence-electron chi connectivity index (χ0n) is 8.65. The van der Waals surface area contributed by atoms with E-state index in [4.69, 9.17) is 4.42 Å². The quantitative estimate of drug-likeness (QED) is 0.711. The molecule has 2 aromatic heterocycles. The van der Waals surface area contributed by atoms with Crippen LogP contribution in [0.1, 0.15) is 11.3 Å². The lowest BCUT2D eigenvalue weighted by molar-refractivity contribution is 0.524. The number of hydrogen-bond acceptors (Lipinski definition) is 3. The summed E-state index contributed by atoms with van der Waals surface area (Å²) < 4.78 is 5.55. The van der Waals surface area contributed by atoms with E-state index in [1.165, 1.54) is 6.07 Å². The monoisotopic (exact) mass is 201 g/mol. The molecule has 0 aliphatic rings. The maximum absolute atomic E-state index is 11.6. The van der Waals surface area contributed by atoms with Crippen molar-refractivity contribution in [1.82, 2.24) is 4.98 Å². The first kappa shape index (κ1) is 9.65. The molecule has 0 saturated heterocycles. The van der Waals surface area contributed by atoms with Crippen molar-refractivity contribution in [2.75, 3.05) is 0 Å². The molecule has 0 aliphatic heterocycles. The molecule has 3 nitrogen and oxygen atoms in total. The molecule has 3 heteroatoms. The minimum Gasteiger partial charge on any atom is -0.461 e. The van der Waals surface area contributed by atoms with Crippen LogP contribution in [0, 0.1) is 13.8 Å². The van der Waals surface area contributed by atoms with E-state index in [0.29, 0.717) is 17.1 Å². The first-order chi connectivity index (χ1) is 7.18. The Morgan fingerprint density at radius 3 is 2.47 bits per heavy atom. The molecule has 0 saturated carbocycles. The number of aryl methyl sites for hydroxylation is 1. The molecule has 0 aliphatic carbocycles. The van der Waals surface area contributed by atoms with Gasteiger partial charge in [-0.2, -0.15) is 0 Å². The van der Waals surface area contributed by atoms with Crippen molar-refractivity contribution in [3.05, 3.63) is 52.1 Å². The fraction of sp³-hybridized carbons (Fsp3) is 0.167. The first-order valence-corrected chi connectivity index (χ1v) is 4.70. The SMILES string of the molecule is Cc1oc(-c2ccncc2)cc(=O)c1C. The van der Waals surface area contributed by atoms with Crippen molar-refractivity contribution in [1.29, 1.82) is 0 Å². The Morgan fingerprint density at radius 1 is 1.20 bits per heavy atom. The predicted molar refractivity (Wildman–Crippen MR) is 57.7 cm³/mol. The minimum atomic E-state index is 0.00515. The van der Waals surface area contributed by atoms with Gasteiger partial charge in [-0.05, 0) is 26.0 Å². The third-order valence-corrected chi connectivity index (χ3v) is 2.39. The zero-order chi connectivity index (χ0) is 10.8. The summed E-state index contributed by atoms with van der Waals surface area (Å²) >= 11 is 0. The van der Waals surface area contributed by atoms with Gasteiger partial charge in [0.05, 0.1) is 0 Å². The highest BCUT2D eigenvalue weighted by molar-refractivity contribution is 5.56. The summed E-state index contributed by atoms with van der Waals surface area (Å²) in [5.41, 5.74) is 1.53. The number of aromatic nitrogens is 1. The van der Waals surface area contributed by atoms with Crippen LogP contribution in [0.3, 0.4) is 0 Å². The molecular formula is C12H11NO2. The van der Waals surface area contributed by atoms with Crippen LogP contribution in [0.5, 0.6) is 0 Å². The molecule has 0 amide bonds. The lowest BCUT2D eigenvalue weighted by Gasteiger charge is -2.03. The Kier molecular flexibility index (Phi) is 2.37. The summed E-state index contributed by atoms with van der Waals surface area (Å²) in [6, 6.07) is 5.14. The molecule has 0 N–H and O–H groups in total. The van der Waals surface area contributed by atoms with E-state index in [1.807, 2.05) is 12.1 Å². The summed E-state index contributed by atoms with van der Waals surface area (Å²) in [7, 11) is 0. The van der Waals surface area contributed by atoms with Crippen molar-refractivity contribution in [3.63, 3.8) is 0 Å². The van der Waals surface area contributed by atoms with Gasteiger partial charge in [0.15, 0.2) is 5.43 Å². The van der Waals surface area contributed by atoms with Gasteiger partial charge in [-0.1, -0.05) is 0 Å². The Bertz CT molecular complexity index is 529. The van der Waals surface area contributed by atoms with E-state index in [1.54, 1.807) is 26.2 Å². The van der Waals surface area contributed by atoms with Gasteiger partial charge < -0.3 is 4.42 Å². The molecule has 2 aromatic rings. The van der Waals surface area contributed by atoms with Gasteiger partial charge in [-0.15, -0.1) is 0 Å². The van der Waals surface area contributed by atoms with Crippen LogP contribution in [-0.2, 0) is 0 Å². The molecule has 76 valence electrons. The lowest BCUT2D eigenvalue weighted by atomic mass is 10.1. The molecule has 2 heterocycles. The largest absolute Gasteiger partial charge is 0.461 e. The normalized spacial score (nSPS) is 10.3. The minimum absolute atomic E-state index is 0.00515. The van der Waals surface area contributed by atoms with E-state index in [-0.39, 0.29) is 5.43 Å². The summed E-state index contributed by atoms with van der Waals surface area (Å²) in [6.07, 6.45) is 3.34. The van der Waals surface area contributed by atoms with Crippen LogP contribution in [-0.4, -0.2) is 4.98 Å². The van der Waals surface area contributed by atoms with E-state index in [2.05, 4.69) is 4.98 Å². The second kappa shape index (κ2) is 3.69. The molecule has 0 unspecified atom stereocenters. The molecule has 0 atom stereocenters. The summed E-state index contributed by atoms with van der Waals surface area (Å²) in [6.45, 7) is 3.55. The Morgan fingerprint density at radius 2 is 1.87 bits per heavy atom. The molecule has 0 aromatic carbocycles. The van der Waals surface area contributed by atoms with Crippen molar-refractivity contribution in [2.45, 2.75) is 13.8 Å². The van der Waals surface area contributed by atoms with Crippen molar-refractivity contribution < 1.29 is 4.42 Å². The fourth-order valence-corrected chi connectivity index (χ4v) is 1.33. The molecular weight excluding hydrogens is 190 g/mol. The molecule has 0 bridgehead atoms. The van der Waals surface area contributed by atoms with Crippen molar-refractivity contribution in [3.8, 4) is 11.3 Å². The highest BCUT2D eigenvalue weighted by Crippen LogP contribution is 2.18. The number of hydrogen-bond donors (Lipinski definition) is 0. The van der Waals surface area contributed by atoms with Crippen LogP contribution >= 0.6 is 0 Å². The summed E-state index contributed by atoms with van der Waals surface area (Å²) in [5, 5.41) is 0.